The predicted molar refractivity (Wildman–Crippen MR) is 72.3 cm³/mol. The lowest BCUT2D eigenvalue weighted by Gasteiger charge is -2.04. The fraction of sp³-hybridized carbons (Fsp3) is 0.0714. The summed E-state index contributed by atoms with van der Waals surface area (Å²) < 4.78 is 14.7. The molecule has 0 aliphatic heterocycles. The molecule has 3 rings (SSSR count). The Morgan fingerprint density at radius 1 is 1.29 bits per heavy atom. The van der Waals surface area contributed by atoms with Gasteiger partial charge >= 0.3 is 0 Å². The van der Waals surface area contributed by atoms with Crippen molar-refractivity contribution in [2.45, 2.75) is 6.54 Å². The van der Waals surface area contributed by atoms with E-state index in [0.717, 1.165) is 11.1 Å². The highest BCUT2D eigenvalue weighted by molar-refractivity contribution is 5.94. The van der Waals surface area contributed by atoms with E-state index in [1.807, 2.05) is 4.57 Å². The molecule has 1 amide bonds. The molecule has 0 bridgehead atoms. The third kappa shape index (κ3) is 2.59. The van der Waals surface area contributed by atoms with Crippen LogP contribution in [-0.4, -0.2) is 25.6 Å². The average molecular weight is 286 g/mol. The summed E-state index contributed by atoms with van der Waals surface area (Å²) in [5.41, 5.74) is 3.86. The van der Waals surface area contributed by atoms with Crippen LogP contribution in [0.2, 0.25) is 0 Å². The van der Waals surface area contributed by atoms with Crippen LogP contribution in [0.3, 0.4) is 0 Å². The van der Waals surface area contributed by atoms with Crippen molar-refractivity contribution in [2.75, 3.05) is 0 Å². The Hall–Kier alpha value is -2.80. The molecule has 1 aromatic carbocycles. The van der Waals surface area contributed by atoms with Gasteiger partial charge in [0.25, 0.3) is 5.91 Å². The van der Waals surface area contributed by atoms with Crippen LogP contribution in [0.4, 0.5) is 4.39 Å². The third-order valence-electron chi connectivity index (χ3n) is 3.11. The maximum absolute atomic E-state index is 12.9. The number of hydrogen-bond acceptors (Lipinski definition) is 4. The normalized spacial score (nSPS) is 10.8. The number of amides is 1. The van der Waals surface area contributed by atoms with Crippen molar-refractivity contribution in [3.8, 4) is 0 Å². The molecule has 0 atom stereocenters. The van der Waals surface area contributed by atoms with Gasteiger partial charge in [-0.15, -0.1) is 0 Å². The van der Waals surface area contributed by atoms with E-state index in [-0.39, 0.29) is 11.5 Å². The van der Waals surface area contributed by atoms with Crippen molar-refractivity contribution >= 4 is 16.9 Å². The van der Waals surface area contributed by atoms with Crippen LogP contribution in [-0.2, 0) is 6.54 Å². The van der Waals surface area contributed by atoms with Gasteiger partial charge in [0.05, 0.1) is 23.6 Å². The highest BCUT2D eigenvalue weighted by Crippen LogP contribution is 2.15. The highest BCUT2D eigenvalue weighted by atomic mass is 19.1. The van der Waals surface area contributed by atoms with Gasteiger partial charge in [-0.05, 0) is 23.8 Å². The van der Waals surface area contributed by atoms with E-state index in [2.05, 4.69) is 9.97 Å². The van der Waals surface area contributed by atoms with Gasteiger partial charge < -0.3 is 4.57 Å². The number of hydrogen-bond donors (Lipinski definition) is 2. The van der Waals surface area contributed by atoms with E-state index in [4.69, 9.17) is 5.21 Å². The molecular weight excluding hydrogens is 275 g/mol. The van der Waals surface area contributed by atoms with Gasteiger partial charge in [-0.3, -0.25) is 10.0 Å². The summed E-state index contributed by atoms with van der Waals surface area (Å²) in [6.45, 7) is 0.518. The van der Waals surface area contributed by atoms with Crippen LogP contribution in [0.1, 0.15) is 16.1 Å². The summed E-state index contributed by atoms with van der Waals surface area (Å²) in [6, 6.07) is 7.68. The van der Waals surface area contributed by atoms with Gasteiger partial charge in [-0.2, -0.15) is 0 Å². The summed E-state index contributed by atoms with van der Waals surface area (Å²) in [7, 11) is 0. The fourth-order valence-electron chi connectivity index (χ4n) is 2.05. The second-order valence-corrected chi connectivity index (χ2v) is 4.50. The minimum atomic E-state index is -0.690. The van der Waals surface area contributed by atoms with Crippen LogP contribution in [0.5, 0.6) is 0 Å². The molecule has 0 spiro atoms. The van der Waals surface area contributed by atoms with Crippen molar-refractivity contribution in [2.24, 2.45) is 0 Å². The summed E-state index contributed by atoms with van der Waals surface area (Å²) in [5, 5.41) is 8.59. The molecule has 0 saturated carbocycles. The molecule has 0 radical (unpaired) electrons. The number of imidazole rings is 1. The van der Waals surface area contributed by atoms with E-state index in [1.165, 1.54) is 29.9 Å². The van der Waals surface area contributed by atoms with Gasteiger partial charge in [-0.1, -0.05) is 12.1 Å². The topological polar surface area (TPSA) is 80.0 Å². The molecule has 106 valence electrons. The van der Waals surface area contributed by atoms with Crippen LogP contribution in [0.15, 0.2) is 42.9 Å². The number of carbonyl (C=O) groups excluding carboxylic acids is 1. The molecule has 6 nitrogen and oxygen atoms in total. The fourth-order valence-corrected chi connectivity index (χ4v) is 2.05. The number of pyridine rings is 1. The zero-order chi connectivity index (χ0) is 14.8. The van der Waals surface area contributed by atoms with Gasteiger partial charge in [0, 0.05) is 6.54 Å². The van der Waals surface area contributed by atoms with Gasteiger partial charge in [0.1, 0.15) is 11.5 Å². The first-order valence-corrected chi connectivity index (χ1v) is 6.17. The number of benzene rings is 1. The summed E-state index contributed by atoms with van der Waals surface area (Å²) in [5.74, 6) is -0.972. The third-order valence-corrected chi connectivity index (χ3v) is 3.11. The Morgan fingerprint density at radius 2 is 2.05 bits per heavy atom. The lowest BCUT2D eigenvalue weighted by Crippen LogP contribution is -2.19. The van der Waals surface area contributed by atoms with E-state index in [0.29, 0.717) is 12.1 Å². The van der Waals surface area contributed by atoms with Crippen molar-refractivity contribution in [1.29, 1.82) is 0 Å². The number of halogens is 1. The first kappa shape index (κ1) is 13.2. The number of nitrogens with zero attached hydrogens (tertiary/aromatic N) is 3. The van der Waals surface area contributed by atoms with Gasteiger partial charge in [-0.25, -0.2) is 19.8 Å². The summed E-state index contributed by atoms with van der Waals surface area (Å²) >= 11 is 0. The van der Waals surface area contributed by atoms with Crippen LogP contribution in [0.25, 0.3) is 11.0 Å². The highest BCUT2D eigenvalue weighted by Gasteiger charge is 2.10. The van der Waals surface area contributed by atoms with Gasteiger partial charge in [0.2, 0.25) is 0 Å². The number of nitrogens with one attached hydrogen (secondary N) is 1. The van der Waals surface area contributed by atoms with Crippen LogP contribution >= 0.6 is 0 Å². The van der Waals surface area contributed by atoms with E-state index < -0.39 is 5.91 Å². The minimum Gasteiger partial charge on any atom is -0.325 e. The maximum atomic E-state index is 12.9. The monoisotopic (exact) mass is 286 g/mol. The lowest BCUT2D eigenvalue weighted by atomic mass is 10.2. The minimum absolute atomic E-state index is 0.0806. The van der Waals surface area contributed by atoms with Crippen molar-refractivity contribution in [1.82, 2.24) is 20.0 Å². The van der Waals surface area contributed by atoms with Crippen molar-refractivity contribution < 1.29 is 14.4 Å². The van der Waals surface area contributed by atoms with Gasteiger partial charge in [0.15, 0.2) is 0 Å². The standard InChI is InChI=1S/C14H11FN4O2/c15-10-3-1-9(2-4-10)7-19-8-17-11-5-12(14(20)18-21)16-6-13(11)19/h1-6,8,21H,7H2,(H,18,20). The Balaban J connectivity index is 1.93. The van der Waals surface area contributed by atoms with Crippen LogP contribution in [0, 0.1) is 5.82 Å². The molecule has 2 heterocycles. The first-order chi connectivity index (χ1) is 10.2. The molecule has 0 aliphatic rings. The molecule has 0 fully saturated rings. The quantitative estimate of drug-likeness (QED) is 0.567. The average Bonchev–Trinajstić information content (AvgIpc) is 2.91. The number of carbonyl (C=O) groups is 1. The zero-order valence-electron chi connectivity index (χ0n) is 10.8. The predicted octanol–water partition coefficient (Wildman–Crippen LogP) is 1.74. The van der Waals surface area contributed by atoms with E-state index in [1.54, 1.807) is 18.5 Å². The van der Waals surface area contributed by atoms with Crippen molar-refractivity contribution in [3.63, 3.8) is 0 Å². The zero-order valence-corrected chi connectivity index (χ0v) is 10.8. The molecule has 3 aromatic rings. The van der Waals surface area contributed by atoms with Crippen LogP contribution < -0.4 is 5.48 Å². The molecular formula is C14H11FN4O2. The van der Waals surface area contributed by atoms with Crippen molar-refractivity contribution in [3.05, 3.63) is 59.9 Å². The number of fused-ring (bicyclic) bond motifs is 1. The molecule has 7 heteroatoms. The Labute approximate surface area is 118 Å². The molecule has 0 unspecified atom stereocenters. The molecule has 21 heavy (non-hydrogen) atoms. The van der Waals surface area contributed by atoms with E-state index in [9.17, 15) is 9.18 Å². The second kappa shape index (κ2) is 5.29. The number of rotatable bonds is 3. The maximum Gasteiger partial charge on any atom is 0.293 e. The SMILES string of the molecule is O=C(NO)c1cc2ncn(Cc3ccc(F)cc3)c2cn1. The molecule has 2 aromatic heterocycles. The smallest absolute Gasteiger partial charge is 0.293 e. The Kier molecular flexibility index (Phi) is 3.33. The summed E-state index contributed by atoms with van der Waals surface area (Å²) in [6.07, 6.45) is 3.13. The lowest BCUT2D eigenvalue weighted by molar-refractivity contribution is 0.0701. The molecule has 2 N–H and O–H groups in total. The molecule has 0 aliphatic carbocycles. The van der Waals surface area contributed by atoms with E-state index >= 15 is 0 Å². The summed E-state index contributed by atoms with van der Waals surface area (Å²) in [4.78, 5) is 19.5. The Bertz CT molecular complexity index is 798. The number of hydroxylamine groups is 1. The second-order valence-electron chi connectivity index (χ2n) is 4.50. The molecule has 0 saturated heterocycles. The number of aromatic nitrogens is 3. The first-order valence-electron chi connectivity index (χ1n) is 6.17. The largest absolute Gasteiger partial charge is 0.325 e. The Morgan fingerprint density at radius 3 is 2.76 bits per heavy atom.